The molecule has 0 radical (unpaired) electrons. The third kappa shape index (κ3) is 2.76. The molecular weight excluding hydrogens is 234 g/mol. The van der Waals surface area contributed by atoms with E-state index >= 15 is 0 Å². The summed E-state index contributed by atoms with van der Waals surface area (Å²) in [7, 11) is 0. The number of hydrogen-bond acceptors (Lipinski definition) is 4. The topological polar surface area (TPSA) is 72.6 Å². The first-order valence-electron chi connectivity index (χ1n) is 5.27. The molecule has 0 aliphatic heterocycles. The number of aromatic hydroxyl groups is 1. The quantitative estimate of drug-likeness (QED) is 0.664. The van der Waals surface area contributed by atoms with E-state index < -0.39 is 4.92 Å². The Morgan fingerprint density at radius 1 is 1.11 bits per heavy atom. The fraction of sp³-hybridized carbons (Fsp3) is 0.0769. The number of phenols is 1. The highest BCUT2D eigenvalue weighted by atomic mass is 16.6. The van der Waals surface area contributed by atoms with Crippen LogP contribution in [0.3, 0.4) is 0 Å². The molecule has 0 spiro atoms. The number of hydrogen-bond donors (Lipinski definition) is 1. The van der Waals surface area contributed by atoms with Crippen LogP contribution in [0.1, 0.15) is 5.56 Å². The lowest BCUT2D eigenvalue weighted by molar-refractivity contribution is -0.384. The zero-order valence-corrected chi connectivity index (χ0v) is 9.66. The average Bonchev–Trinajstić information content (AvgIpc) is 2.28. The molecule has 0 heterocycles. The minimum atomic E-state index is -0.470. The first-order valence-corrected chi connectivity index (χ1v) is 5.27. The summed E-state index contributed by atoms with van der Waals surface area (Å²) >= 11 is 0. The lowest BCUT2D eigenvalue weighted by atomic mass is 10.2. The Morgan fingerprint density at radius 2 is 1.78 bits per heavy atom. The van der Waals surface area contributed by atoms with Gasteiger partial charge in [-0.2, -0.15) is 0 Å². The highest BCUT2D eigenvalue weighted by molar-refractivity contribution is 5.42. The highest BCUT2D eigenvalue weighted by Crippen LogP contribution is 2.27. The van der Waals surface area contributed by atoms with Crippen molar-refractivity contribution < 1.29 is 14.8 Å². The van der Waals surface area contributed by atoms with E-state index in [1.54, 1.807) is 12.1 Å². The number of nitro groups is 1. The number of aryl methyl sites for hydroxylation is 1. The van der Waals surface area contributed by atoms with Crippen molar-refractivity contribution in [3.63, 3.8) is 0 Å². The normalized spacial score (nSPS) is 10.1. The van der Waals surface area contributed by atoms with Crippen molar-refractivity contribution in [2.45, 2.75) is 6.92 Å². The smallest absolute Gasteiger partial charge is 0.269 e. The standard InChI is InChI=1S/C13H11NO4/c1-9-6-11(15)8-13(7-9)18-12-4-2-10(3-5-12)14(16)17/h2-8,15H,1H3. The average molecular weight is 245 g/mol. The number of phenolic OH excluding ortho intramolecular Hbond substituents is 1. The molecule has 1 N–H and O–H groups in total. The van der Waals surface area contributed by atoms with Gasteiger partial charge in [-0.05, 0) is 36.8 Å². The second-order valence-corrected chi connectivity index (χ2v) is 3.86. The Bertz CT molecular complexity index is 558. The lowest BCUT2D eigenvalue weighted by Gasteiger charge is -2.06. The predicted molar refractivity (Wildman–Crippen MR) is 66.0 cm³/mol. The number of rotatable bonds is 3. The van der Waals surface area contributed by atoms with E-state index in [0.29, 0.717) is 11.5 Å². The van der Waals surface area contributed by atoms with Crippen LogP contribution < -0.4 is 4.74 Å². The van der Waals surface area contributed by atoms with Crippen molar-refractivity contribution in [1.29, 1.82) is 0 Å². The molecule has 2 rings (SSSR count). The molecular formula is C13H11NO4. The van der Waals surface area contributed by atoms with Gasteiger partial charge in [0.2, 0.25) is 0 Å². The van der Waals surface area contributed by atoms with Crippen LogP contribution in [0.4, 0.5) is 5.69 Å². The summed E-state index contributed by atoms with van der Waals surface area (Å²) in [6.45, 7) is 1.84. The van der Waals surface area contributed by atoms with Gasteiger partial charge in [0.25, 0.3) is 5.69 Å². The summed E-state index contributed by atoms with van der Waals surface area (Å²) in [4.78, 5) is 10.0. The zero-order valence-electron chi connectivity index (χ0n) is 9.66. The molecule has 0 fully saturated rings. The van der Waals surface area contributed by atoms with Crippen LogP contribution in [0, 0.1) is 17.0 Å². The van der Waals surface area contributed by atoms with Crippen LogP contribution in [0.15, 0.2) is 42.5 Å². The van der Waals surface area contributed by atoms with Crippen molar-refractivity contribution in [3.05, 3.63) is 58.1 Å². The fourth-order valence-corrected chi connectivity index (χ4v) is 1.56. The molecule has 0 aliphatic rings. The summed E-state index contributed by atoms with van der Waals surface area (Å²) in [5, 5.41) is 19.9. The van der Waals surface area contributed by atoms with E-state index in [2.05, 4.69) is 0 Å². The Morgan fingerprint density at radius 3 is 2.33 bits per heavy atom. The summed E-state index contributed by atoms with van der Waals surface area (Å²) in [5.41, 5.74) is 0.876. The van der Waals surface area contributed by atoms with Crippen LogP contribution in [-0.4, -0.2) is 10.0 Å². The summed E-state index contributed by atoms with van der Waals surface area (Å²) in [6.07, 6.45) is 0. The third-order valence-corrected chi connectivity index (χ3v) is 2.32. The molecule has 5 nitrogen and oxygen atoms in total. The SMILES string of the molecule is Cc1cc(O)cc(Oc2ccc([N+](=O)[O-])cc2)c1. The summed E-state index contributed by atoms with van der Waals surface area (Å²) in [6, 6.07) is 10.6. The van der Waals surface area contributed by atoms with Gasteiger partial charge in [0.05, 0.1) is 4.92 Å². The van der Waals surface area contributed by atoms with Gasteiger partial charge >= 0.3 is 0 Å². The Kier molecular flexibility index (Phi) is 3.14. The Hall–Kier alpha value is -2.56. The van der Waals surface area contributed by atoms with Crippen LogP contribution >= 0.6 is 0 Å². The first kappa shape index (κ1) is 11.9. The largest absolute Gasteiger partial charge is 0.508 e. The van der Waals surface area contributed by atoms with Crippen molar-refractivity contribution in [1.82, 2.24) is 0 Å². The second-order valence-electron chi connectivity index (χ2n) is 3.86. The number of non-ortho nitro benzene ring substituents is 1. The van der Waals surface area contributed by atoms with E-state index in [1.165, 1.54) is 30.3 Å². The molecule has 0 unspecified atom stereocenters. The summed E-state index contributed by atoms with van der Waals surface area (Å²) < 4.78 is 5.49. The maximum absolute atomic E-state index is 10.5. The molecule has 0 amide bonds. The molecule has 92 valence electrons. The highest BCUT2D eigenvalue weighted by Gasteiger charge is 2.05. The predicted octanol–water partition coefficient (Wildman–Crippen LogP) is 3.40. The van der Waals surface area contributed by atoms with Gasteiger partial charge in [0, 0.05) is 18.2 Å². The van der Waals surface area contributed by atoms with Gasteiger partial charge < -0.3 is 9.84 Å². The van der Waals surface area contributed by atoms with Gasteiger partial charge in [-0.25, -0.2) is 0 Å². The molecule has 0 bridgehead atoms. The minimum absolute atomic E-state index is 0.00874. The van der Waals surface area contributed by atoms with Crippen molar-refractivity contribution in [2.75, 3.05) is 0 Å². The van der Waals surface area contributed by atoms with Crippen molar-refractivity contribution in [2.24, 2.45) is 0 Å². The van der Waals surface area contributed by atoms with Gasteiger partial charge in [-0.3, -0.25) is 10.1 Å². The zero-order chi connectivity index (χ0) is 13.1. The van der Waals surface area contributed by atoms with Crippen molar-refractivity contribution >= 4 is 5.69 Å². The van der Waals surface area contributed by atoms with Crippen LogP contribution in [-0.2, 0) is 0 Å². The molecule has 0 saturated carbocycles. The molecule has 2 aromatic carbocycles. The summed E-state index contributed by atoms with van der Waals surface area (Å²) in [5.74, 6) is 1.08. The molecule has 0 atom stereocenters. The number of nitro benzene ring substituents is 1. The molecule has 2 aromatic rings. The molecule has 0 saturated heterocycles. The van der Waals surface area contributed by atoms with Crippen molar-refractivity contribution in [3.8, 4) is 17.2 Å². The maximum Gasteiger partial charge on any atom is 0.269 e. The van der Waals surface area contributed by atoms with Crippen LogP contribution in [0.25, 0.3) is 0 Å². The molecule has 18 heavy (non-hydrogen) atoms. The van der Waals surface area contributed by atoms with Gasteiger partial charge in [0.1, 0.15) is 17.2 Å². The van der Waals surface area contributed by atoms with E-state index in [0.717, 1.165) is 5.56 Å². The number of ether oxygens (including phenoxy) is 1. The first-order chi connectivity index (χ1) is 8.54. The van der Waals surface area contributed by atoms with E-state index in [4.69, 9.17) is 4.74 Å². The maximum atomic E-state index is 10.5. The third-order valence-electron chi connectivity index (χ3n) is 2.32. The molecule has 0 aliphatic carbocycles. The number of nitrogens with zero attached hydrogens (tertiary/aromatic N) is 1. The number of benzene rings is 2. The Balaban J connectivity index is 2.20. The molecule has 0 aromatic heterocycles. The minimum Gasteiger partial charge on any atom is -0.508 e. The monoisotopic (exact) mass is 245 g/mol. The van der Waals surface area contributed by atoms with E-state index in [-0.39, 0.29) is 11.4 Å². The van der Waals surface area contributed by atoms with Gasteiger partial charge in [-0.15, -0.1) is 0 Å². The van der Waals surface area contributed by atoms with Crippen LogP contribution in [0.5, 0.6) is 17.2 Å². The van der Waals surface area contributed by atoms with E-state index in [1.807, 2.05) is 6.92 Å². The molecule has 5 heteroatoms. The lowest BCUT2D eigenvalue weighted by Crippen LogP contribution is -1.88. The second kappa shape index (κ2) is 4.75. The fourth-order valence-electron chi connectivity index (χ4n) is 1.56. The van der Waals surface area contributed by atoms with Crippen LogP contribution in [0.2, 0.25) is 0 Å². The van der Waals surface area contributed by atoms with Gasteiger partial charge in [0.15, 0.2) is 0 Å². The Labute approximate surface area is 103 Å². The van der Waals surface area contributed by atoms with Gasteiger partial charge in [-0.1, -0.05) is 0 Å². The van der Waals surface area contributed by atoms with E-state index in [9.17, 15) is 15.2 Å².